The highest BCUT2D eigenvalue weighted by Gasteiger charge is 2.27. The van der Waals surface area contributed by atoms with Crippen LogP contribution in [0.2, 0.25) is 0 Å². The number of imide groups is 1. The molecule has 3 nitrogen and oxygen atoms in total. The van der Waals surface area contributed by atoms with Gasteiger partial charge in [-0.3, -0.25) is 14.9 Å². The van der Waals surface area contributed by atoms with Crippen LogP contribution in [-0.2, 0) is 16.0 Å². The molecular weight excluding hydrogens is 274 g/mol. The van der Waals surface area contributed by atoms with Crippen molar-refractivity contribution >= 4 is 11.8 Å². The van der Waals surface area contributed by atoms with E-state index >= 15 is 0 Å². The Balaban J connectivity index is 1.80. The first kappa shape index (κ1) is 14.5. The van der Waals surface area contributed by atoms with Crippen molar-refractivity contribution in [2.75, 3.05) is 0 Å². The summed E-state index contributed by atoms with van der Waals surface area (Å²) in [5.41, 5.74) is 4.61. The molecule has 2 amide bonds. The van der Waals surface area contributed by atoms with Crippen molar-refractivity contribution < 1.29 is 9.59 Å². The molecule has 1 atom stereocenters. The number of rotatable bonds is 3. The van der Waals surface area contributed by atoms with E-state index in [0.717, 1.165) is 17.5 Å². The van der Waals surface area contributed by atoms with Gasteiger partial charge >= 0.3 is 0 Å². The zero-order chi connectivity index (χ0) is 15.5. The molecule has 0 bridgehead atoms. The first-order valence-corrected chi connectivity index (χ1v) is 7.70. The van der Waals surface area contributed by atoms with E-state index in [-0.39, 0.29) is 17.7 Å². The predicted molar refractivity (Wildman–Crippen MR) is 86.4 cm³/mol. The van der Waals surface area contributed by atoms with E-state index in [0.29, 0.717) is 12.8 Å². The molecule has 0 aliphatic carbocycles. The lowest BCUT2D eigenvalue weighted by atomic mass is 9.89. The van der Waals surface area contributed by atoms with Crippen LogP contribution in [0.5, 0.6) is 0 Å². The standard InChI is InChI=1S/C19H19NO2/c1-2-13-3-5-14(6-4-13)15-7-9-16(10-8-15)17-11-12-18(21)20-19(17)22/h3-10,17H,2,11-12H2,1H3,(H,20,21,22). The fourth-order valence-corrected chi connectivity index (χ4v) is 2.85. The van der Waals surface area contributed by atoms with Gasteiger partial charge in [-0.2, -0.15) is 0 Å². The molecule has 1 unspecified atom stereocenters. The number of carbonyl (C=O) groups is 2. The summed E-state index contributed by atoms with van der Waals surface area (Å²) in [5.74, 6) is -0.570. The van der Waals surface area contributed by atoms with E-state index in [1.54, 1.807) is 0 Å². The molecule has 0 aromatic heterocycles. The fourth-order valence-electron chi connectivity index (χ4n) is 2.85. The Morgan fingerprint density at radius 2 is 1.55 bits per heavy atom. The lowest BCUT2D eigenvalue weighted by molar-refractivity contribution is -0.134. The second-order valence-corrected chi connectivity index (χ2v) is 5.68. The Morgan fingerprint density at radius 3 is 2.09 bits per heavy atom. The third-order valence-electron chi connectivity index (χ3n) is 4.25. The van der Waals surface area contributed by atoms with Crippen LogP contribution in [0.3, 0.4) is 0 Å². The molecule has 0 radical (unpaired) electrons. The highest BCUT2D eigenvalue weighted by Crippen LogP contribution is 2.27. The molecule has 1 aliphatic rings. The average molecular weight is 293 g/mol. The minimum Gasteiger partial charge on any atom is -0.296 e. The number of aryl methyl sites for hydroxylation is 1. The first-order valence-electron chi connectivity index (χ1n) is 7.70. The van der Waals surface area contributed by atoms with Gasteiger partial charge in [-0.05, 0) is 35.1 Å². The van der Waals surface area contributed by atoms with Crippen LogP contribution in [0, 0.1) is 0 Å². The van der Waals surface area contributed by atoms with Gasteiger partial charge in [0.2, 0.25) is 11.8 Å². The molecule has 1 fully saturated rings. The smallest absolute Gasteiger partial charge is 0.234 e. The Labute approximate surface area is 130 Å². The SMILES string of the molecule is CCc1ccc(-c2ccc(C3CCC(=O)NC3=O)cc2)cc1. The van der Waals surface area contributed by atoms with Crippen LogP contribution in [0.15, 0.2) is 48.5 Å². The molecule has 2 aromatic rings. The van der Waals surface area contributed by atoms with Crippen LogP contribution in [0.1, 0.15) is 36.8 Å². The van der Waals surface area contributed by atoms with Gasteiger partial charge in [0, 0.05) is 6.42 Å². The summed E-state index contributed by atoms with van der Waals surface area (Å²) in [6.45, 7) is 2.14. The van der Waals surface area contributed by atoms with Crippen LogP contribution in [0.4, 0.5) is 0 Å². The molecule has 22 heavy (non-hydrogen) atoms. The van der Waals surface area contributed by atoms with Gasteiger partial charge in [-0.1, -0.05) is 55.5 Å². The van der Waals surface area contributed by atoms with E-state index in [4.69, 9.17) is 0 Å². The summed E-state index contributed by atoms with van der Waals surface area (Å²) in [4.78, 5) is 23.1. The molecule has 1 saturated heterocycles. The van der Waals surface area contributed by atoms with Crippen molar-refractivity contribution in [2.45, 2.75) is 32.1 Å². The molecule has 2 aromatic carbocycles. The summed E-state index contributed by atoms with van der Waals surface area (Å²) in [7, 11) is 0. The summed E-state index contributed by atoms with van der Waals surface area (Å²) < 4.78 is 0. The average Bonchev–Trinajstić information content (AvgIpc) is 2.55. The second kappa shape index (κ2) is 6.14. The van der Waals surface area contributed by atoms with Gasteiger partial charge in [-0.25, -0.2) is 0 Å². The van der Waals surface area contributed by atoms with Gasteiger partial charge in [-0.15, -0.1) is 0 Å². The van der Waals surface area contributed by atoms with Gasteiger partial charge in [0.15, 0.2) is 0 Å². The van der Waals surface area contributed by atoms with Gasteiger partial charge in [0.1, 0.15) is 0 Å². The zero-order valence-corrected chi connectivity index (χ0v) is 12.6. The van der Waals surface area contributed by atoms with E-state index in [1.165, 1.54) is 11.1 Å². The maximum absolute atomic E-state index is 11.9. The van der Waals surface area contributed by atoms with Crippen molar-refractivity contribution in [3.8, 4) is 11.1 Å². The lowest BCUT2D eigenvalue weighted by Gasteiger charge is -2.21. The highest BCUT2D eigenvalue weighted by atomic mass is 16.2. The maximum Gasteiger partial charge on any atom is 0.234 e. The molecular formula is C19H19NO2. The summed E-state index contributed by atoms with van der Waals surface area (Å²) in [6.07, 6.45) is 2.04. The van der Waals surface area contributed by atoms with Crippen LogP contribution in [-0.4, -0.2) is 11.8 Å². The van der Waals surface area contributed by atoms with Crippen molar-refractivity contribution in [1.29, 1.82) is 0 Å². The molecule has 3 rings (SSSR count). The fraction of sp³-hybridized carbons (Fsp3) is 0.263. The van der Waals surface area contributed by atoms with Crippen molar-refractivity contribution in [3.63, 3.8) is 0 Å². The highest BCUT2D eigenvalue weighted by molar-refractivity contribution is 6.00. The lowest BCUT2D eigenvalue weighted by Crippen LogP contribution is -2.39. The largest absolute Gasteiger partial charge is 0.296 e. The Bertz CT molecular complexity index is 686. The minimum atomic E-state index is -0.214. The topological polar surface area (TPSA) is 46.2 Å². The van der Waals surface area contributed by atoms with Crippen LogP contribution >= 0.6 is 0 Å². The number of benzene rings is 2. The normalized spacial score (nSPS) is 18.1. The zero-order valence-electron chi connectivity index (χ0n) is 12.6. The number of hydrogen-bond acceptors (Lipinski definition) is 2. The summed E-state index contributed by atoms with van der Waals surface area (Å²) in [5, 5.41) is 2.41. The molecule has 0 spiro atoms. The van der Waals surface area contributed by atoms with Crippen LogP contribution < -0.4 is 5.32 Å². The van der Waals surface area contributed by atoms with E-state index in [9.17, 15) is 9.59 Å². The molecule has 0 saturated carbocycles. The molecule has 1 heterocycles. The van der Waals surface area contributed by atoms with Gasteiger partial charge < -0.3 is 0 Å². The van der Waals surface area contributed by atoms with E-state index < -0.39 is 0 Å². The van der Waals surface area contributed by atoms with Crippen LogP contribution in [0.25, 0.3) is 11.1 Å². The Morgan fingerprint density at radius 1 is 0.955 bits per heavy atom. The third-order valence-corrected chi connectivity index (χ3v) is 4.25. The molecule has 1 N–H and O–H groups in total. The van der Waals surface area contributed by atoms with Crippen molar-refractivity contribution in [1.82, 2.24) is 5.32 Å². The molecule has 3 heteroatoms. The summed E-state index contributed by atoms with van der Waals surface area (Å²) in [6, 6.07) is 16.6. The number of amides is 2. The van der Waals surface area contributed by atoms with Gasteiger partial charge in [0.25, 0.3) is 0 Å². The Kier molecular flexibility index (Phi) is 4.05. The van der Waals surface area contributed by atoms with Gasteiger partial charge in [0.05, 0.1) is 5.92 Å². The number of nitrogens with one attached hydrogen (secondary N) is 1. The maximum atomic E-state index is 11.9. The second-order valence-electron chi connectivity index (χ2n) is 5.68. The summed E-state index contributed by atoms with van der Waals surface area (Å²) >= 11 is 0. The predicted octanol–water partition coefficient (Wildman–Crippen LogP) is 3.44. The van der Waals surface area contributed by atoms with Crippen molar-refractivity contribution in [3.05, 3.63) is 59.7 Å². The molecule has 112 valence electrons. The van der Waals surface area contributed by atoms with E-state index in [1.807, 2.05) is 24.3 Å². The monoisotopic (exact) mass is 293 g/mol. The van der Waals surface area contributed by atoms with E-state index in [2.05, 4.69) is 36.5 Å². The number of piperidine rings is 1. The minimum absolute atomic E-state index is 0.172. The molecule has 1 aliphatic heterocycles. The quantitative estimate of drug-likeness (QED) is 0.881. The number of carbonyl (C=O) groups excluding carboxylic acids is 2. The Hall–Kier alpha value is -2.42. The third kappa shape index (κ3) is 2.93. The number of hydrogen-bond donors (Lipinski definition) is 1. The van der Waals surface area contributed by atoms with Crippen molar-refractivity contribution in [2.24, 2.45) is 0 Å². The first-order chi connectivity index (χ1) is 10.7.